The Labute approximate surface area is 76.4 Å². The van der Waals surface area contributed by atoms with E-state index in [1.807, 2.05) is 30.3 Å². The zero-order valence-electron chi connectivity index (χ0n) is 6.95. The van der Waals surface area contributed by atoms with Gasteiger partial charge in [-0.25, -0.2) is 0 Å². The van der Waals surface area contributed by atoms with Gasteiger partial charge in [0.05, 0.1) is 0 Å². The van der Waals surface area contributed by atoms with Gasteiger partial charge in [0, 0.05) is 4.88 Å². The Morgan fingerprint density at radius 3 is 2.25 bits per heavy atom. The van der Waals surface area contributed by atoms with Crippen LogP contribution in [0, 0.1) is 6.92 Å². The van der Waals surface area contributed by atoms with E-state index in [1.54, 1.807) is 11.3 Å². The minimum atomic E-state index is 0. The van der Waals surface area contributed by atoms with Gasteiger partial charge in [-0.2, -0.15) is 0 Å². The quantitative estimate of drug-likeness (QED) is 0.590. The Balaban J connectivity index is 0. The zero-order valence-corrected chi connectivity index (χ0v) is 7.77. The van der Waals surface area contributed by atoms with Gasteiger partial charge in [0.15, 0.2) is 0 Å². The molecule has 0 amide bonds. The predicted molar refractivity (Wildman–Crippen MR) is 53.9 cm³/mol. The normalized spacial score (nSPS) is 7.08. The van der Waals surface area contributed by atoms with Crippen LogP contribution in [0.1, 0.15) is 4.88 Å². The van der Waals surface area contributed by atoms with Gasteiger partial charge in [-0.15, -0.1) is 11.3 Å². The van der Waals surface area contributed by atoms with Crippen LogP contribution in [-0.4, -0.2) is 11.0 Å². The maximum absolute atomic E-state index is 2.10. The van der Waals surface area contributed by atoms with Crippen LogP contribution in [0.15, 0.2) is 41.8 Å². The molecular formula is C9H14O2S. The van der Waals surface area contributed by atoms with Crippen LogP contribution in [0.25, 0.3) is 0 Å². The average molecular weight is 186 g/mol. The van der Waals surface area contributed by atoms with Gasteiger partial charge < -0.3 is 11.0 Å². The van der Waals surface area contributed by atoms with Crippen molar-refractivity contribution in [1.82, 2.24) is 0 Å². The fourth-order valence-electron chi connectivity index (χ4n) is 0.615. The molecule has 0 atom stereocenters. The van der Waals surface area contributed by atoms with Crippen LogP contribution >= 0.6 is 11.3 Å². The van der Waals surface area contributed by atoms with E-state index in [4.69, 9.17) is 0 Å². The van der Waals surface area contributed by atoms with Gasteiger partial charge in [0.25, 0.3) is 0 Å². The molecule has 0 aromatic carbocycles. The Kier molecular flexibility index (Phi) is 9.34. The monoisotopic (exact) mass is 186 g/mol. The van der Waals surface area contributed by atoms with Crippen molar-refractivity contribution >= 4 is 11.3 Å². The average Bonchev–Trinajstić information content (AvgIpc) is 2.02. The van der Waals surface area contributed by atoms with Crippen molar-refractivity contribution in [2.45, 2.75) is 6.92 Å². The van der Waals surface area contributed by atoms with Crippen LogP contribution in [0.3, 0.4) is 0 Å². The highest BCUT2D eigenvalue weighted by Crippen LogP contribution is 1.99. The summed E-state index contributed by atoms with van der Waals surface area (Å²) in [5.74, 6) is 0. The lowest BCUT2D eigenvalue weighted by atomic mass is 10.4. The van der Waals surface area contributed by atoms with Gasteiger partial charge in [0.2, 0.25) is 0 Å². The van der Waals surface area contributed by atoms with E-state index >= 15 is 0 Å². The molecule has 2 nitrogen and oxygen atoms in total. The van der Waals surface area contributed by atoms with Crippen molar-refractivity contribution < 1.29 is 11.0 Å². The first-order valence-corrected chi connectivity index (χ1v) is 4.11. The molecule has 0 saturated heterocycles. The molecule has 0 spiro atoms. The second kappa shape index (κ2) is 8.20. The lowest BCUT2D eigenvalue weighted by Crippen LogP contribution is -1.51. The van der Waals surface area contributed by atoms with E-state index in [0.717, 1.165) is 0 Å². The Morgan fingerprint density at radius 2 is 1.50 bits per heavy atom. The van der Waals surface area contributed by atoms with Gasteiger partial charge in [-0.05, 0) is 18.4 Å². The van der Waals surface area contributed by atoms with Crippen LogP contribution in [0.2, 0.25) is 0 Å². The molecule has 0 saturated carbocycles. The molecule has 0 aliphatic rings. The fraction of sp³-hybridized carbons (Fsp3) is 0.111. The van der Waals surface area contributed by atoms with E-state index in [-0.39, 0.29) is 11.0 Å². The maximum Gasteiger partial charge on any atom is 0.00139 e. The van der Waals surface area contributed by atoms with Crippen LogP contribution in [0.4, 0.5) is 0 Å². The summed E-state index contributed by atoms with van der Waals surface area (Å²) >= 11 is 1.74. The highest BCUT2D eigenvalue weighted by atomic mass is 32.1. The lowest BCUT2D eigenvalue weighted by molar-refractivity contribution is 0.823. The smallest absolute Gasteiger partial charge is 0.00139 e. The van der Waals surface area contributed by atoms with Crippen molar-refractivity contribution in [2.75, 3.05) is 0 Å². The Hall–Kier alpha value is -0.900. The standard InChI is InChI=1S/C9H10S.2H2O/c1-9-7-5-3-2-4-6-8-10-9;;/h2-8H,1H3;2*1H2. The fourth-order valence-corrected chi connectivity index (χ4v) is 1.16. The highest BCUT2D eigenvalue weighted by Gasteiger charge is 1.71. The number of aryl methyl sites for hydroxylation is 1. The maximum atomic E-state index is 2.10. The molecule has 1 heterocycles. The molecule has 1 aromatic rings. The van der Waals surface area contributed by atoms with E-state index in [1.165, 1.54) is 4.88 Å². The Morgan fingerprint density at radius 1 is 0.917 bits per heavy atom. The van der Waals surface area contributed by atoms with Gasteiger partial charge in [-0.1, -0.05) is 30.3 Å². The second-order valence-corrected chi connectivity index (χ2v) is 3.15. The molecule has 0 aliphatic heterocycles. The number of hydrogen-bond donors (Lipinski definition) is 0. The van der Waals surface area contributed by atoms with Crippen molar-refractivity contribution in [3.05, 3.63) is 46.7 Å². The summed E-state index contributed by atoms with van der Waals surface area (Å²) in [6.07, 6.45) is 0. The summed E-state index contributed by atoms with van der Waals surface area (Å²) in [6, 6.07) is 12.3. The molecule has 3 heteroatoms. The molecule has 1 rings (SSSR count). The summed E-state index contributed by atoms with van der Waals surface area (Å²) in [6.45, 7) is 2.10. The SMILES string of the molecule is Cc1cccccccs1.O.O. The molecule has 1 aromatic heterocycles. The molecule has 12 heavy (non-hydrogen) atoms. The van der Waals surface area contributed by atoms with Crippen molar-refractivity contribution in [1.29, 1.82) is 0 Å². The van der Waals surface area contributed by atoms with Crippen LogP contribution < -0.4 is 0 Å². The first kappa shape index (κ1) is 13.7. The molecular weight excluding hydrogens is 172 g/mol. The van der Waals surface area contributed by atoms with Gasteiger partial charge >= 0.3 is 0 Å². The topological polar surface area (TPSA) is 63.0 Å². The van der Waals surface area contributed by atoms with E-state index < -0.39 is 0 Å². The van der Waals surface area contributed by atoms with E-state index in [0.29, 0.717) is 0 Å². The molecule has 0 fully saturated rings. The second-order valence-electron chi connectivity index (χ2n) is 1.99. The summed E-state index contributed by atoms with van der Waals surface area (Å²) < 4.78 is 0. The predicted octanol–water partition coefficient (Wildman–Crippen LogP) is 1.53. The van der Waals surface area contributed by atoms with E-state index in [2.05, 4.69) is 18.4 Å². The molecule has 0 bridgehead atoms. The molecule has 68 valence electrons. The summed E-state index contributed by atoms with van der Waals surface area (Å²) in [5, 5.41) is 2.08. The molecule has 0 radical (unpaired) electrons. The third kappa shape index (κ3) is 5.85. The van der Waals surface area contributed by atoms with Crippen LogP contribution in [-0.2, 0) is 0 Å². The van der Waals surface area contributed by atoms with Gasteiger partial charge in [-0.3, -0.25) is 0 Å². The van der Waals surface area contributed by atoms with Crippen molar-refractivity contribution in [3.8, 4) is 0 Å². The van der Waals surface area contributed by atoms with E-state index in [9.17, 15) is 0 Å². The largest absolute Gasteiger partial charge is 0.412 e. The summed E-state index contributed by atoms with van der Waals surface area (Å²) in [5.41, 5.74) is 0. The molecule has 0 aliphatic carbocycles. The Bertz CT molecular complexity index is 220. The summed E-state index contributed by atoms with van der Waals surface area (Å²) in [4.78, 5) is 1.32. The molecule has 4 N–H and O–H groups in total. The first-order chi connectivity index (χ1) is 4.89. The lowest BCUT2D eigenvalue weighted by Gasteiger charge is -1.76. The number of hydrogen-bond acceptors (Lipinski definition) is 1. The van der Waals surface area contributed by atoms with Crippen molar-refractivity contribution in [3.63, 3.8) is 0 Å². The number of rotatable bonds is 0. The summed E-state index contributed by atoms with van der Waals surface area (Å²) in [7, 11) is 0. The minimum Gasteiger partial charge on any atom is -0.412 e. The first-order valence-electron chi connectivity index (χ1n) is 3.23. The molecule has 0 unspecified atom stereocenters. The zero-order chi connectivity index (χ0) is 7.23. The third-order valence-electron chi connectivity index (χ3n) is 1.11. The van der Waals surface area contributed by atoms with Crippen molar-refractivity contribution in [2.24, 2.45) is 0 Å². The third-order valence-corrected chi connectivity index (χ3v) is 1.91. The van der Waals surface area contributed by atoms with Crippen LogP contribution in [0.5, 0.6) is 0 Å². The van der Waals surface area contributed by atoms with Gasteiger partial charge in [0.1, 0.15) is 0 Å². The highest BCUT2D eigenvalue weighted by molar-refractivity contribution is 7.09. The minimum absolute atomic E-state index is 0.